The molecule has 0 spiro atoms. The zero-order chi connectivity index (χ0) is 12.9. The summed E-state index contributed by atoms with van der Waals surface area (Å²) in [6, 6.07) is 6.23. The van der Waals surface area contributed by atoms with Gasteiger partial charge in [0, 0.05) is 17.3 Å². The minimum absolute atomic E-state index is 0.830. The fourth-order valence-electron chi connectivity index (χ4n) is 2.74. The molecule has 0 saturated heterocycles. The molecule has 0 atom stereocenters. The molecule has 3 nitrogen and oxygen atoms in total. The fourth-order valence-corrected chi connectivity index (χ4v) is 3.28. The van der Waals surface area contributed by atoms with Crippen molar-refractivity contribution in [3.05, 3.63) is 35.5 Å². The maximum Gasteiger partial charge on any atom is 0.188 e. The van der Waals surface area contributed by atoms with Crippen LogP contribution in [-0.4, -0.2) is 9.97 Å². The van der Waals surface area contributed by atoms with Crippen molar-refractivity contribution in [2.24, 2.45) is 5.92 Å². The van der Waals surface area contributed by atoms with E-state index in [1.165, 1.54) is 37.8 Å². The van der Waals surface area contributed by atoms with E-state index in [0.29, 0.717) is 0 Å². The van der Waals surface area contributed by atoms with E-state index in [0.717, 1.165) is 23.3 Å². The number of aromatic nitrogens is 2. The summed E-state index contributed by atoms with van der Waals surface area (Å²) in [7, 11) is 0. The van der Waals surface area contributed by atoms with Gasteiger partial charge in [0.2, 0.25) is 0 Å². The van der Waals surface area contributed by atoms with Crippen molar-refractivity contribution in [3.8, 4) is 0 Å². The van der Waals surface area contributed by atoms with Gasteiger partial charge in [0.15, 0.2) is 5.13 Å². The van der Waals surface area contributed by atoms with Crippen LogP contribution in [0.3, 0.4) is 0 Å². The normalized spacial score (nSPS) is 16.4. The van der Waals surface area contributed by atoms with E-state index in [1.54, 1.807) is 17.5 Å². The van der Waals surface area contributed by atoms with Crippen LogP contribution < -0.4 is 5.32 Å². The van der Waals surface area contributed by atoms with E-state index in [-0.39, 0.29) is 0 Å². The van der Waals surface area contributed by atoms with Crippen LogP contribution >= 0.6 is 11.3 Å². The molecule has 1 N–H and O–H groups in total. The highest BCUT2D eigenvalue weighted by Gasteiger charge is 2.14. The molecule has 0 amide bonds. The summed E-state index contributed by atoms with van der Waals surface area (Å²) in [6.45, 7) is 0. The smallest absolute Gasteiger partial charge is 0.188 e. The molecule has 4 heteroatoms. The molecular weight excluding hydrogens is 254 g/mol. The Kier molecular flexibility index (Phi) is 4.08. The molecule has 100 valence electrons. The second-order valence-corrected chi connectivity index (χ2v) is 6.08. The van der Waals surface area contributed by atoms with E-state index in [1.807, 2.05) is 11.4 Å². The lowest BCUT2D eigenvalue weighted by molar-refractivity contribution is 0.354. The monoisotopic (exact) mass is 273 g/mol. The number of pyridine rings is 1. The first-order valence-electron chi connectivity index (χ1n) is 7.02. The van der Waals surface area contributed by atoms with E-state index < -0.39 is 0 Å². The van der Waals surface area contributed by atoms with Crippen molar-refractivity contribution < 1.29 is 0 Å². The Labute approximate surface area is 118 Å². The van der Waals surface area contributed by atoms with Crippen LogP contribution in [0.4, 0.5) is 10.9 Å². The van der Waals surface area contributed by atoms with Crippen LogP contribution in [-0.2, 0) is 6.42 Å². The van der Waals surface area contributed by atoms with Crippen molar-refractivity contribution in [1.29, 1.82) is 0 Å². The SMILES string of the molecule is c1cc(CC2CCCCC2)nc(Nc2nccs2)c1. The molecule has 2 aromatic heterocycles. The molecule has 2 aromatic rings. The highest BCUT2D eigenvalue weighted by molar-refractivity contribution is 7.13. The van der Waals surface area contributed by atoms with E-state index in [2.05, 4.69) is 22.4 Å². The fraction of sp³-hybridized carbons (Fsp3) is 0.467. The molecule has 2 heterocycles. The van der Waals surface area contributed by atoms with Crippen LogP contribution in [0, 0.1) is 5.92 Å². The lowest BCUT2D eigenvalue weighted by Crippen LogP contribution is -2.10. The zero-order valence-electron chi connectivity index (χ0n) is 11.0. The predicted molar refractivity (Wildman–Crippen MR) is 79.9 cm³/mol. The van der Waals surface area contributed by atoms with E-state index >= 15 is 0 Å². The predicted octanol–water partition coefficient (Wildman–Crippen LogP) is 4.40. The second kappa shape index (κ2) is 6.15. The third kappa shape index (κ3) is 3.53. The zero-order valence-corrected chi connectivity index (χ0v) is 11.8. The van der Waals surface area contributed by atoms with Gasteiger partial charge in [0.1, 0.15) is 5.82 Å². The lowest BCUT2D eigenvalue weighted by atomic mass is 9.86. The average molecular weight is 273 g/mol. The van der Waals surface area contributed by atoms with Crippen molar-refractivity contribution in [2.75, 3.05) is 5.32 Å². The molecular formula is C15H19N3S. The molecule has 1 aliphatic carbocycles. The van der Waals surface area contributed by atoms with Crippen molar-refractivity contribution >= 4 is 22.3 Å². The van der Waals surface area contributed by atoms with E-state index in [4.69, 9.17) is 4.98 Å². The summed E-state index contributed by atoms with van der Waals surface area (Å²) in [6.07, 6.45) is 9.85. The Bertz CT molecular complexity index is 504. The molecule has 0 aromatic carbocycles. The maximum absolute atomic E-state index is 4.70. The minimum atomic E-state index is 0.830. The van der Waals surface area contributed by atoms with Gasteiger partial charge in [0.25, 0.3) is 0 Å². The van der Waals surface area contributed by atoms with Crippen LogP contribution in [0.15, 0.2) is 29.8 Å². The average Bonchev–Trinajstić information content (AvgIpc) is 2.93. The first-order chi connectivity index (χ1) is 9.40. The number of thiazole rings is 1. The maximum atomic E-state index is 4.70. The summed E-state index contributed by atoms with van der Waals surface area (Å²) < 4.78 is 0. The number of hydrogen-bond donors (Lipinski definition) is 1. The van der Waals surface area contributed by atoms with Crippen molar-refractivity contribution in [1.82, 2.24) is 9.97 Å². The highest BCUT2D eigenvalue weighted by atomic mass is 32.1. The molecule has 3 rings (SSSR count). The van der Waals surface area contributed by atoms with Gasteiger partial charge in [-0.05, 0) is 24.5 Å². The van der Waals surface area contributed by atoms with Crippen LogP contribution in [0.5, 0.6) is 0 Å². The van der Waals surface area contributed by atoms with Gasteiger partial charge in [-0.1, -0.05) is 38.2 Å². The Morgan fingerprint density at radius 1 is 1.21 bits per heavy atom. The first-order valence-corrected chi connectivity index (χ1v) is 7.90. The van der Waals surface area contributed by atoms with Crippen LogP contribution in [0.1, 0.15) is 37.8 Å². The number of anilines is 2. The van der Waals surface area contributed by atoms with E-state index in [9.17, 15) is 0 Å². The van der Waals surface area contributed by atoms with Crippen LogP contribution in [0.25, 0.3) is 0 Å². The van der Waals surface area contributed by atoms with Gasteiger partial charge in [-0.3, -0.25) is 0 Å². The third-order valence-corrected chi connectivity index (χ3v) is 4.39. The largest absolute Gasteiger partial charge is 0.316 e. The summed E-state index contributed by atoms with van der Waals surface area (Å²) in [5.41, 5.74) is 1.20. The lowest BCUT2D eigenvalue weighted by Gasteiger charge is -2.21. The van der Waals surface area contributed by atoms with Gasteiger partial charge < -0.3 is 5.32 Å². The molecule has 0 radical (unpaired) electrons. The molecule has 0 unspecified atom stereocenters. The van der Waals surface area contributed by atoms with Crippen molar-refractivity contribution in [2.45, 2.75) is 38.5 Å². The highest BCUT2D eigenvalue weighted by Crippen LogP contribution is 2.27. The third-order valence-electron chi connectivity index (χ3n) is 3.70. The molecule has 1 aliphatic rings. The molecule has 1 fully saturated rings. The quantitative estimate of drug-likeness (QED) is 0.897. The number of nitrogens with zero attached hydrogens (tertiary/aromatic N) is 2. The minimum Gasteiger partial charge on any atom is -0.316 e. The van der Waals surface area contributed by atoms with Gasteiger partial charge in [0.05, 0.1) is 0 Å². The second-order valence-electron chi connectivity index (χ2n) is 5.18. The first kappa shape index (κ1) is 12.6. The van der Waals surface area contributed by atoms with Gasteiger partial charge >= 0.3 is 0 Å². The van der Waals surface area contributed by atoms with Gasteiger partial charge in [-0.2, -0.15) is 0 Å². The summed E-state index contributed by atoms with van der Waals surface area (Å²) >= 11 is 1.60. The molecule has 0 aliphatic heterocycles. The number of hydrogen-bond acceptors (Lipinski definition) is 4. The van der Waals surface area contributed by atoms with Crippen molar-refractivity contribution in [3.63, 3.8) is 0 Å². The summed E-state index contributed by atoms with van der Waals surface area (Å²) in [5, 5.41) is 6.13. The molecule has 19 heavy (non-hydrogen) atoms. The van der Waals surface area contributed by atoms with Crippen LogP contribution in [0.2, 0.25) is 0 Å². The topological polar surface area (TPSA) is 37.8 Å². The standard InChI is InChI=1S/C15H19N3S/c1-2-5-12(6-3-1)11-13-7-4-8-14(17-13)18-15-16-9-10-19-15/h4,7-10,12H,1-3,5-6,11H2,(H,16,17,18). The molecule has 1 saturated carbocycles. The number of nitrogens with one attached hydrogen (secondary N) is 1. The summed E-state index contributed by atoms with van der Waals surface area (Å²) in [5.74, 6) is 1.74. The Morgan fingerprint density at radius 2 is 2.11 bits per heavy atom. The molecule has 0 bridgehead atoms. The Hall–Kier alpha value is -1.42. The summed E-state index contributed by atoms with van der Waals surface area (Å²) in [4.78, 5) is 8.92. The Morgan fingerprint density at radius 3 is 2.89 bits per heavy atom. The number of rotatable bonds is 4. The Balaban J connectivity index is 1.65. The van der Waals surface area contributed by atoms with Gasteiger partial charge in [-0.15, -0.1) is 11.3 Å². The van der Waals surface area contributed by atoms with Gasteiger partial charge in [-0.25, -0.2) is 9.97 Å².